The normalized spacial score (nSPS) is 18.4. The van der Waals surface area contributed by atoms with Gasteiger partial charge in [-0.15, -0.1) is 0 Å². The number of nitrogens with one attached hydrogen (secondary N) is 1. The van der Waals surface area contributed by atoms with Crippen molar-refractivity contribution in [1.82, 2.24) is 14.9 Å². The molecule has 0 bridgehead atoms. The summed E-state index contributed by atoms with van der Waals surface area (Å²) in [5, 5.41) is 8.21. The molecule has 0 saturated carbocycles. The lowest BCUT2D eigenvalue weighted by atomic mass is 9.87. The lowest BCUT2D eigenvalue weighted by molar-refractivity contribution is 0.0538. The summed E-state index contributed by atoms with van der Waals surface area (Å²) < 4.78 is 7.48. The molecule has 108 valence electrons. The molecular formula is C16H23N3O. The lowest BCUT2D eigenvalue weighted by Crippen LogP contribution is -2.32. The van der Waals surface area contributed by atoms with Crippen LogP contribution in [0.3, 0.4) is 0 Å². The zero-order valence-electron chi connectivity index (χ0n) is 12.1. The second kappa shape index (κ2) is 6.37. The molecule has 0 aromatic carbocycles. The van der Waals surface area contributed by atoms with Crippen molar-refractivity contribution in [2.24, 2.45) is 5.92 Å². The summed E-state index contributed by atoms with van der Waals surface area (Å²) in [6.07, 6.45) is 7.45. The average Bonchev–Trinajstić information content (AvgIpc) is 2.93. The van der Waals surface area contributed by atoms with E-state index in [1.165, 1.54) is 11.1 Å². The van der Waals surface area contributed by atoms with E-state index in [4.69, 9.17) is 4.74 Å². The van der Waals surface area contributed by atoms with Gasteiger partial charge in [-0.3, -0.25) is 0 Å². The van der Waals surface area contributed by atoms with Gasteiger partial charge in [0.15, 0.2) is 0 Å². The van der Waals surface area contributed by atoms with Crippen LogP contribution in [-0.2, 0) is 4.74 Å². The van der Waals surface area contributed by atoms with Crippen LogP contribution >= 0.6 is 0 Å². The molecule has 2 aromatic rings. The molecule has 3 heterocycles. The van der Waals surface area contributed by atoms with Crippen LogP contribution in [0, 0.1) is 5.92 Å². The number of aromatic nitrogens is 2. The smallest absolute Gasteiger partial charge is 0.0709 e. The summed E-state index contributed by atoms with van der Waals surface area (Å²) >= 11 is 0. The molecule has 1 saturated heterocycles. The number of nitrogens with zero attached hydrogens (tertiary/aromatic N) is 2. The SMILES string of the molecule is CCCNC(c1cnn2ccccc12)C1CCOCC1. The van der Waals surface area contributed by atoms with Gasteiger partial charge < -0.3 is 10.1 Å². The largest absolute Gasteiger partial charge is 0.381 e. The molecule has 0 aliphatic carbocycles. The van der Waals surface area contributed by atoms with Gasteiger partial charge in [-0.1, -0.05) is 13.0 Å². The average molecular weight is 273 g/mol. The second-order valence-electron chi connectivity index (χ2n) is 5.51. The third-order valence-corrected chi connectivity index (χ3v) is 4.14. The fraction of sp³-hybridized carbons (Fsp3) is 0.562. The Hall–Kier alpha value is -1.39. The lowest BCUT2D eigenvalue weighted by Gasteiger charge is -2.30. The second-order valence-corrected chi connectivity index (χ2v) is 5.51. The monoisotopic (exact) mass is 273 g/mol. The Balaban J connectivity index is 1.90. The maximum Gasteiger partial charge on any atom is 0.0709 e. The molecule has 0 spiro atoms. The van der Waals surface area contributed by atoms with Crippen LogP contribution < -0.4 is 5.32 Å². The third-order valence-electron chi connectivity index (χ3n) is 4.14. The Labute approximate surface area is 120 Å². The van der Waals surface area contributed by atoms with Crippen LogP contribution in [0.15, 0.2) is 30.6 Å². The number of ether oxygens (including phenoxy) is 1. The number of rotatable bonds is 5. The fourth-order valence-corrected chi connectivity index (χ4v) is 3.07. The Bertz CT molecular complexity index is 545. The van der Waals surface area contributed by atoms with Crippen LogP contribution in [0.4, 0.5) is 0 Å². The van der Waals surface area contributed by atoms with Crippen LogP contribution in [0.1, 0.15) is 37.8 Å². The molecular weight excluding hydrogens is 250 g/mol. The minimum atomic E-state index is 0.388. The number of hydrogen-bond donors (Lipinski definition) is 1. The van der Waals surface area contributed by atoms with E-state index in [9.17, 15) is 0 Å². The van der Waals surface area contributed by atoms with Gasteiger partial charge in [0.2, 0.25) is 0 Å². The van der Waals surface area contributed by atoms with E-state index in [0.717, 1.165) is 39.0 Å². The molecule has 20 heavy (non-hydrogen) atoms. The molecule has 1 aliphatic heterocycles. The summed E-state index contributed by atoms with van der Waals surface area (Å²) in [5.41, 5.74) is 2.54. The van der Waals surface area contributed by atoms with Crippen molar-refractivity contribution < 1.29 is 4.74 Å². The van der Waals surface area contributed by atoms with E-state index < -0.39 is 0 Å². The highest BCUT2D eigenvalue weighted by molar-refractivity contribution is 5.55. The van der Waals surface area contributed by atoms with Crippen LogP contribution in [0.2, 0.25) is 0 Å². The molecule has 1 aliphatic rings. The van der Waals surface area contributed by atoms with Gasteiger partial charge in [-0.05, 0) is 43.9 Å². The van der Waals surface area contributed by atoms with Gasteiger partial charge in [-0.25, -0.2) is 4.52 Å². The maximum absolute atomic E-state index is 5.51. The summed E-state index contributed by atoms with van der Waals surface area (Å²) in [6.45, 7) is 5.03. The molecule has 1 N–H and O–H groups in total. The van der Waals surface area contributed by atoms with Crippen molar-refractivity contribution in [3.05, 3.63) is 36.2 Å². The Morgan fingerprint density at radius 2 is 2.25 bits per heavy atom. The molecule has 3 rings (SSSR count). The first-order valence-electron chi connectivity index (χ1n) is 7.63. The van der Waals surface area contributed by atoms with Crippen LogP contribution in [0.25, 0.3) is 5.52 Å². The zero-order valence-corrected chi connectivity index (χ0v) is 12.1. The first-order valence-corrected chi connectivity index (χ1v) is 7.63. The third kappa shape index (κ3) is 2.72. The highest BCUT2D eigenvalue weighted by atomic mass is 16.5. The van der Waals surface area contributed by atoms with E-state index >= 15 is 0 Å². The van der Waals surface area contributed by atoms with E-state index in [0.29, 0.717) is 12.0 Å². The zero-order chi connectivity index (χ0) is 13.8. The van der Waals surface area contributed by atoms with Crippen LogP contribution in [0.5, 0.6) is 0 Å². The Kier molecular flexibility index (Phi) is 4.33. The van der Waals surface area contributed by atoms with E-state index in [-0.39, 0.29) is 0 Å². The number of pyridine rings is 1. The minimum absolute atomic E-state index is 0.388. The molecule has 1 atom stereocenters. The summed E-state index contributed by atoms with van der Waals surface area (Å²) in [7, 11) is 0. The molecule has 1 fully saturated rings. The summed E-state index contributed by atoms with van der Waals surface area (Å²) in [4.78, 5) is 0. The summed E-state index contributed by atoms with van der Waals surface area (Å²) in [5.74, 6) is 0.642. The van der Waals surface area contributed by atoms with Crippen molar-refractivity contribution in [2.75, 3.05) is 19.8 Å². The predicted octanol–water partition coefficient (Wildman–Crippen LogP) is 2.80. The highest BCUT2D eigenvalue weighted by Crippen LogP contribution is 2.32. The quantitative estimate of drug-likeness (QED) is 0.910. The fourth-order valence-electron chi connectivity index (χ4n) is 3.07. The topological polar surface area (TPSA) is 38.6 Å². The van der Waals surface area contributed by atoms with Crippen molar-refractivity contribution in [2.45, 2.75) is 32.2 Å². The predicted molar refractivity (Wildman–Crippen MR) is 79.8 cm³/mol. The Morgan fingerprint density at radius 1 is 1.40 bits per heavy atom. The van der Waals surface area contributed by atoms with Gasteiger partial charge in [0, 0.05) is 31.0 Å². The van der Waals surface area contributed by atoms with Crippen molar-refractivity contribution in [3.8, 4) is 0 Å². The molecule has 4 nitrogen and oxygen atoms in total. The minimum Gasteiger partial charge on any atom is -0.381 e. The van der Waals surface area contributed by atoms with Gasteiger partial charge >= 0.3 is 0 Å². The Morgan fingerprint density at radius 3 is 3.05 bits per heavy atom. The maximum atomic E-state index is 5.51. The van der Waals surface area contributed by atoms with Gasteiger partial charge in [-0.2, -0.15) is 5.10 Å². The molecule has 0 amide bonds. The molecule has 0 radical (unpaired) electrons. The van der Waals surface area contributed by atoms with Gasteiger partial charge in [0.1, 0.15) is 0 Å². The van der Waals surface area contributed by atoms with E-state index in [1.807, 2.05) is 23.0 Å². The van der Waals surface area contributed by atoms with Crippen molar-refractivity contribution in [3.63, 3.8) is 0 Å². The highest BCUT2D eigenvalue weighted by Gasteiger charge is 2.27. The number of hydrogen-bond acceptors (Lipinski definition) is 3. The first kappa shape index (κ1) is 13.6. The first-order chi connectivity index (χ1) is 9.90. The molecule has 1 unspecified atom stereocenters. The molecule has 2 aromatic heterocycles. The summed E-state index contributed by atoms with van der Waals surface area (Å²) in [6, 6.07) is 6.65. The van der Waals surface area contributed by atoms with Crippen molar-refractivity contribution >= 4 is 5.52 Å². The van der Waals surface area contributed by atoms with Crippen molar-refractivity contribution in [1.29, 1.82) is 0 Å². The number of fused-ring (bicyclic) bond motifs is 1. The molecule has 4 heteroatoms. The standard InChI is InChI=1S/C16H23N3O/c1-2-8-17-16(13-6-10-20-11-7-13)14-12-18-19-9-4-3-5-15(14)19/h3-5,9,12-13,16-17H,2,6-8,10-11H2,1H3. The van der Waals surface area contributed by atoms with Gasteiger partial charge in [0.25, 0.3) is 0 Å². The van der Waals surface area contributed by atoms with Crippen LogP contribution in [-0.4, -0.2) is 29.4 Å². The van der Waals surface area contributed by atoms with Gasteiger partial charge in [0.05, 0.1) is 11.7 Å². The van der Waals surface area contributed by atoms with E-state index in [1.54, 1.807) is 0 Å². The van der Waals surface area contributed by atoms with E-state index in [2.05, 4.69) is 29.5 Å².